The topological polar surface area (TPSA) is 91.8 Å². The smallest absolute Gasteiger partial charge is 0.228 e. The van der Waals surface area contributed by atoms with Gasteiger partial charge < -0.3 is 5.11 Å². The van der Waals surface area contributed by atoms with Crippen molar-refractivity contribution in [1.29, 1.82) is 0 Å². The van der Waals surface area contributed by atoms with Crippen molar-refractivity contribution in [3.8, 4) is 5.75 Å². The Labute approximate surface area is 113 Å². The van der Waals surface area contributed by atoms with E-state index in [9.17, 15) is 21.9 Å². The number of sulfone groups is 1. The van der Waals surface area contributed by atoms with E-state index < -0.39 is 31.0 Å². The van der Waals surface area contributed by atoms with Gasteiger partial charge in [0.2, 0.25) is 10.0 Å². The number of sulfonamides is 1. The van der Waals surface area contributed by atoms with Crippen LogP contribution < -0.4 is 0 Å². The molecule has 8 heteroatoms. The van der Waals surface area contributed by atoms with Crippen molar-refractivity contribution in [2.24, 2.45) is 0 Å². The van der Waals surface area contributed by atoms with E-state index in [1.54, 1.807) is 25.1 Å². The summed E-state index contributed by atoms with van der Waals surface area (Å²) >= 11 is 0. The number of hydrogen-bond donors (Lipinski definition) is 1. The van der Waals surface area contributed by atoms with Gasteiger partial charge in [0.05, 0.1) is 6.04 Å². The number of benzene rings is 1. The summed E-state index contributed by atoms with van der Waals surface area (Å²) in [6.45, 7) is 1.58. The fraction of sp³-hybridized carbons (Fsp3) is 0.455. The number of nitrogens with zero attached hydrogens (tertiary/aromatic N) is 1. The molecule has 0 saturated carbocycles. The minimum absolute atomic E-state index is 0.0311. The lowest BCUT2D eigenvalue weighted by molar-refractivity contribution is 0.383. The molecule has 1 atom stereocenters. The summed E-state index contributed by atoms with van der Waals surface area (Å²) in [6.07, 6.45) is 0.864. The van der Waals surface area contributed by atoms with Crippen LogP contribution in [-0.2, 0) is 19.9 Å². The molecule has 0 fully saturated rings. The Hall–Kier alpha value is -1.12. The van der Waals surface area contributed by atoms with Gasteiger partial charge in [0.25, 0.3) is 0 Å². The highest BCUT2D eigenvalue weighted by molar-refractivity contribution is 8.06. The molecule has 0 saturated heterocycles. The number of phenols is 1. The van der Waals surface area contributed by atoms with E-state index in [2.05, 4.69) is 0 Å². The molecular formula is C11H17NO5S2. The molecule has 0 aromatic heterocycles. The molecule has 0 aliphatic rings. The summed E-state index contributed by atoms with van der Waals surface area (Å²) in [7, 11) is -6.30. The lowest BCUT2D eigenvalue weighted by Crippen LogP contribution is -2.34. The van der Waals surface area contributed by atoms with Crippen molar-refractivity contribution in [2.45, 2.75) is 13.0 Å². The molecule has 0 spiro atoms. The van der Waals surface area contributed by atoms with Gasteiger partial charge in [-0.25, -0.2) is 16.8 Å². The molecule has 0 bridgehead atoms. The molecule has 0 aliphatic carbocycles. The minimum Gasteiger partial charge on any atom is -0.508 e. The van der Waals surface area contributed by atoms with Gasteiger partial charge in [-0.1, -0.05) is 18.2 Å². The van der Waals surface area contributed by atoms with Crippen LogP contribution in [0.15, 0.2) is 24.3 Å². The predicted octanol–water partition coefficient (Wildman–Crippen LogP) is 0.717. The van der Waals surface area contributed by atoms with Crippen molar-refractivity contribution < 1.29 is 21.9 Å². The first-order valence-electron chi connectivity index (χ1n) is 5.46. The quantitative estimate of drug-likeness (QED) is 0.865. The Morgan fingerprint density at radius 3 is 2.21 bits per heavy atom. The predicted molar refractivity (Wildman–Crippen MR) is 72.9 cm³/mol. The molecule has 19 heavy (non-hydrogen) atoms. The van der Waals surface area contributed by atoms with Gasteiger partial charge in [-0.2, -0.15) is 4.31 Å². The molecule has 108 valence electrons. The van der Waals surface area contributed by atoms with Gasteiger partial charge in [-0.15, -0.1) is 0 Å². The first-order chi connectivity index (χ1) is 8.54. The summed E-state index contributed by atoms with van der Waals surface area (Å²) in [5.41, 5.74) is 0.419. The Balaban J connectivity index is 3.07. The SMILES string of the molecule is CC(c1ccccc1O)N(C)S(=O)(=O)CS(C)(=O)=O. The number of rotatable bonds is 5. The van der Waals surface area contributed by atoms with Crippen LogP contribution in [0.25, 0.3) is 0 Å². The monoisotopic (exact) mass is 307 g/mol. The molecule has 1 aromatic rings. The van der Waals surface area contributed by atoms with Gasteiger partial charge in [-0.05, 0) is 13.0 Å². The summed E-state index contributed by atoms with van der Waals surface area (Å²) in [6, 6.07) is 5.67. The molecule has 0 amide bonds. The van der Waals surface area contributed by atoms with Crippen molar-refractivity contribution in [1.82, 2.24) is 4.31 Å². The van der Waals surface area contributed by atoms with E-state index in [-0.39, 0.29) is 5.75 Å². The van der Waals surface area contributed by atoms with Gasteiger partial charge in [0, 0.05) is 18.9 Å². The lowest BCUT2D eigenvalue weighted by atomic mass is 10.1. The number of hydrogen-bond acceptors (Lipinski definition) is 5. The zero-order valence-electron chi connectivity index (χ0n) is 10.9. The molecule has 1 N–H and O–H groups in total. The maximum Gasteiger partial charge on any atom is 0.228 e. The maximum atomic E-state index is 11.9. The lowest BCUT2D eigenvalue weighted by Gasteiger charge is -2.24. The van der Waals surface area contributed by atoms with Crippen LogP contribution in [0, 0.1) is 0 Å². The highest BCUT2D eigenvalue weighted by Crippen LogP contribution is 2.28. The normalized spacial score (nSPS) is 14.5. The number of para-hydroxylation sites is 1. The van der Waals surface area contributed by atoms with Crippen LogP contribution in [0.3, 0.4) is 0 Å². The molecule has 0 heterocycles. The van der Waals surface area contributed by atoms with Gasteiger partial charge in [-0.3, -0.25) is 0 Å². The van der Waals surface area contributed by atoms with Crippen molar-refractivity contribution >= 4 is 19.9 Å². The average molecular weight is 307 g/mol. The van der Waals surface area contributed by atoms with Crippen LogP contribution in [0.5, 0.6) is 5.75 Å². The van der Waals surface area contributed by atoms with E-state index in [1.807, 2.05) is 0 Å². The fourth-order valence-corrected chi connectivity index (χ4v) is 5.06. The van der Waals surface area contributed by atoms with Gasteiger partial charge in [0.15, 0.2) is 14.9 Å². The molecule has 1 unspecified atom stereocenters. The molecule has 6 nitrogen and oxygen atoms in total. The Bertz CT molecular complexity index is 651. The summed E-state index contributed by atoms with van der Waals surface area (Å²) in [5, 5.41) is 8.74. The van der Waals surface area contributed by atoms with Crippen molar-refractivity contribution in [3.63, 3.8) is 0 Å². The minimum atomic E-state index is -3.95. The highest BCUT2D eigenvalue weighted by Gasteiger charge is 2.28. The van der Waals surface area contributed by atoms with Crippen LogP contribution in [-0.4, -0.2) is 44.6 Å². The summed E-state index contributed by atoms with van der Waals surface area (Å²) in [5.74, 6) is -0.0311. The Kier molecular flexibility index (Phi) is 4.59. The largest absolute Gasteiger partial charge is 0.508 e. The second kappa shape index (κ2) is 5.48. The van der Waals surface area contributed by atoms with Gasteiger partial charge >= 0.3 is 0 Å². The number of aromatic hydroxyl groups is 1. The van der Waals surface area contributed by atoms with E-state index in [1.165, 1.54) is 13.1 Å². The second-order valence-electron chi connectivity index (χ2n) is 4.41. The van der Waals surface area contributed by atoms with Crippen LogP contribution in [0.4, 0.5) is 0 Å². The van der Waals surface area contributed by atoms with Crippen LogP contribution in [0.1, 0.15) is 18.5 Å². The average Bonchev–Trinajstić information content (AvgIpc) is 2.24. The summed E-state index contributed by atoms with van der Waals surface area (Å²) in [4.78, 5) is 0. The van der Waals surface area contributed by atoms with Crippen molar-refractivity contribution in [2.75, 3.05) is 18.4 Å². The third kappa shape index (κ3) is 4.19. The third-order valence-corrected chi connectivity index (χ3v) is 6.83. The Morgan fingerprint density at radius 1 is 1.21 bits per heavy atom. The molecule has 1 aromatic carbocycles. The molecule has 0 radical (unpaired) electrons. The van der Waals surface area contributed by atoms with E-state index in [4.69, 9.17) is 0 Å². The van der Waals surface area contributed by atoms with Gasteiger partial charge in [0.1, 0.15) is 5.75 Å². The van der Waals surface area contributed by atoms with E-state index in [0.717, 1.165) is 10.6 Å². The van der Waals surface area contributed by atoms with Crippen LogP contribution in [0.2, 0.25) is 0 Å². The molecular weight excluding hydrogens is 290 g/mol. The van der Waals surface area contributed by atoms with E-state index >= 15 is 0 Å². The highest BCUT2D eigenvalue weighted by atomic mass is 32.3. The second-order valence-corrected chi connectivity index (χ2v) is 8.94. The molecule has 0 aliphatic heterocycles. The fourth-order valence-electron chi connectivity index (χ4n) is 1.63. The number of phenolic OH excluding ortho intramolecular Hbond substituents is 1. The first kappa shape index (κ1) is 15.9. The first-order valence-corrected chi connectivity index (χ1v) is 9.13. The molecule has 1 rings (SSSR count). The van der Waals surface area contributed by atoms with Crippen LogP contribution >= 0.6 is 0 Å². The maximum absolute atomic E-state index is 11.9. The zero-order valence-corrected chi connectivity index (χ0v) is 12.6. The summed E-state index contributed by atoms with van der Waals surface area (Å²) < 4.78 is 47.1. The zero-order chi connectivity index (χ0) is 14.8. The van der Waals surface area contributed by atoms with E-state index in [0.29, 0.717) is 5.56 Å². The standard InChI is InChI=1S/C11H17NO5S2/c1-9(10-6-4-5-7-11(10)13)12(2)19(16,17)8-18(3,14)15/h4-7,9,13H,8H2,1-3H3. The Morgan fingerprint density at radius 2 is 1.74 bits per heavy atom. The third-order valence-electron chi connectivity index (χ3n) is 2.73. The van der Waals surface area contributed by atoms with Crippen molar-refractivity contribution in [3.05, 3.63) is 29.8 Å².